The van der Waals surface area contributed by atoms with Crippen LogP contribution in [-0.2, 0) is 4.79 Å². The fourth-order valence-electron chi connectivity index (χ4n) is 2.37. The summed E-state index contributed by atoms with van der Waals surface area (Å²) < 4.78 is 0. The molecule has 0 fully saturated rings. The van der Waals surface area contributed by atoms with E-state index in [2.05, 4.69) is 15.5 Å². The Morgan fingerprint density at radius 2 is 1.85 bits per heavy atom. The van der Waals surface area contributed by atoms with Crippen molar-refractivity contribution in [2.75, 3.05) is 5.32 Å². The van der Waals surface area contributed by atoms with Gasteiger partial charge in [0.05, 0.1) is 11.9 Å². The van der Waals surface area contributed by atoms with Crippen molar-refractivity contribution in [3.63, 3.8) is 0 Å². The number of nitriles is 1. The van der Waals surface area contributed by atoms with Crippen molar-refractivity contribution in [2.45, 2.75) is 0 Å². The first-order valence-corrected chi connectivity index (χ1v) is 8.30. The number of carbonyl (C=O) groups excluding carboxylic acids is 1. The number of amides is 1. The maximum Gasteiger partial charge on any atom is 0.266 e. The lowest BCUT2D eigenvalue weighted by molar-refractivity contribution is -0.112. The van der Waals surface area contributed by atoms with Crippen LogP contribution < -0.4 is 5.32 Å². The highest BCUT2D eigenvalue weighted by Crippen LogP contribution is 2.25. The quantitative estimate of drug-likeness (QED) is 0.495. The Bertz CT molecular complexity index is 999. The molecular weight excluding hydrogens is 371 g/mol. The predicted octanol–water partition coefficient (Wildman–Crippen LogP) is 4.93. The number of rotatable bonds is 4. The van der Waals surface area contributed by atoms with Crippen molar-refractivity contribution in [3.05, 3.63) is 75.9 Å². The molecule has 0 radical (unpaired) electrons. The first-order valence-electron chi connectivity index (χ1n) is 7.55. The third-order valence-electron chi connectivity index (χ3n) is 3.52. The standard InChI is InChI=1S/C19H12Cl2N4O/c20-15-7-16(21)9-17(8-15)24-19(26)13(10-22)6-14-11-23-25-18(14)12-4-2-1-3-5-12/h1-9,11H,(H,23,25)(H,24,26)/b13-6-. The summed E-state index contributed by atoms with van der Waals surface area (Å²) in [6.07, 6.45) is 3.04. The van der Waals surface area contributed by atoms with Crippen LogP contribution in [0, 0.1) is 11.3 Å². The first kappa shape index (κ1) is 17.7. The summed E-state index contributed by atoms with van der Waals surface area (Å²) in [5, 5.41) is 19.7. The highest BCUT2D eigenvalue weighted by atomic mass is 35.5. The number of benzene rings is 2. The molecule has 7 heteroatoms. The summed E-state index contributed by atoms with van der Waals surface area (Å²) in [5.41, 5.74) is 2.59. The second-order valence-corrected chi connectivity index (χ2v) is 6.22. The van der Waals surface area contributed by atoms with Crippen LogP contribution >= 0.6 is 23.2 Å². The molecule has 0 aliphatic rings. The fraction of sp³-hybridized carbons (Fsp3) is 0. The van der Waals surface area contributed by atoms with E-state index in [0.29, 0.717) is 21.3 Å². The number of H-pyrrole nitrogens is 1. The van der Waals surface area contributed by atoms with Gasteiger partial charge < -0.3 is 5.32 Å². The largest absolute Gasteiger partial charge is 0.321 e. The number of aromatic amines is 1. The van der Waals surface area contributed by atoms with Crippen LogP contribution in [0.5, 0.6) is 0 Å². The second kappa shape index (κ2) is 7.87. The van der Waals surface area contributed by atoms with Crippen LogP contribution in [0.3, 0.4) is 0 Å². The topological polar surface area (TPSA) is 81.6 Å². The van der Waals surface area contributed by atoms with Crippen LogP contribution in [0.2, 0.25) is 10.0 Å². The lowest BCUT2D eigenvalue weighted by atomic mass is 10.1. The van der Waals surface area contributed by atoms with Gasteiger partial charge in [-0.3, -0.25) is 9.89 Å². The van der Waals surface area contributed by atoms with Gasteiger partial charge in [-0.1, -0.05) is 53.5 Å². The zero-order chi connectivity index (χ0) is 18.5. The Hall–Kier alpha value is -3.07. The van der Waals surface area contributed by atoms with Crippen molar-refractivity contribution in [1.82, 2.24) is 10.2 Å². The lowest BCUT2D eigenvalue weighted by Gasteiger charge is -2.06. The van der Waals surface area contributed by atoms with E-state index in [0.717, 1.165) is 11.3 Å². The predicted molar refractivity (Wildman–Crippen MR) is 103 cm³/mol. The number of aromatic nitrogens is 2. The maximum atomic E-state index is 12.4. The normalized spacial score (nSPS) is 11.0. The molecule has 2 N–H and O–H groups in total. The van der Waals surface area contributed by atoms with E-state index < -0.39 is 5.91 Å². The summed E-state index contributed by atoms with van der Waals surface area (Å²) in [6, 6.07) is 16.1. The monoisotopic (exact) mass is 382 g/mol. The van der Waals surface area contributed by atoms with Gasteiger partial charge in [0.2, 0.25) is 0 Å². The van der Waals surface area contributed by atoms with E-state index in [1.807, 2.05) is 36.4 Å². The number of hydrogen-bond acceptors (Lipinski definition) is 3. The Labute approximate surface area is 159 Å². The Kier molecular flexibility index (Phi) is 5.37. The molecule has 0 unspecified atom stereocenters. The average molecular weight is 383 g/mol. The van der Waals surface area contributed by atoms with E-state index in [4.69, 9.17) is 23.2 Å². The fourth-order valence-corrected chi connectivity index (χ4v) is 2.90. The van der Waals surface area contributed by atoms with Crippen molar-refractivity contribution >= 4 is 40.9 Å². The Morgan fingerprint density at radius 1 is 1.15 bits per heavy atom. The minimum atomic E-state index is -0.564. The number of nitrogens with zero attached hydrogens (tertiary/aromatic N) is 2. The van der Waals surface area contributed by atoms with Crippen LogP contribution in [0.1, 0.15) is 5.56 Å². The van der Waals surface area contributed by atoms with Gasteiger partial charge in [-0.15, -0.1) is 0 Å². The highest BCUT2D eigenvalue weighted by Gasteiger charge is 2.13. The molecule has 128 valence electrons. The van der Waals surface area contributed by atoms with Gasteiger partial charge in [-0.25, -0.2) is 0 Å². The molecule has 0 atom stereocenters. The number of halogens is 2. The van der Waals surface area contributed by atoms with Gasteiger partial charge in [-0.2, -0.15) is 10.4 Å². The van der Waals surface area contributed by atoms with Crippen molar-refractivity contribution < 1.29 is 4.79 Å². The maximum absolute atomic E-state index is 12.4. The minimum absolute atomic E-state index is 0.0697. The van der Waals surface area contributed by atoms with Crippen LogP contribution in [0.25, 0.3) is 17.3 Å². The Morgan fingerprint density at radius 3 is 2.50 bits per heavy atom. The summed E-state index contributed by atoms with van der Waals surface area (Å²) >= 11 is 11.8. The third kappa shape index (κ3) is 4.12. The van der Waals surface area contributed by atoms with Crippen molar-refractivity contribution in [3.8, 4) is 17.3 Å². The molecule has 2 aromatic carbocycles. The van der Waals surface area contributed by atoms with Gasteiger partial charge in [-0.05, 0) is 24.3 Å². The smallest absolute Gasteiger partial charge is 0.266 e. The van der Waals surface area contributed by atoms with E-state index in [-0.39, 0.29) is 5.57 Å². The second-order valence-electron chi connectivity index (χ2n) is 5.35. The van der Waals surface area contributed by atoms with Gasteiger partial charge in [0.15, 0.2) is 0 Å². The number of carbonyl (C=O) groups is 1. The zero-order valence-corrected chi connectivity index (χ0v) is 14.8. The minimum Gasteiger partial charge on any atom is -0.321 e. The number of nitrogens with one attached hydrogen (secondary N) is 2. The van der Waals surface area contributed by atoms with Gasteiger partial charge in [0.25, 0.3) is 5.91 Å². The highest BCUT2D eigenvalue weighted by molar-refractivity contribution is 6.35. The molecular formula is C19H12Cl2N4O. The van der Waals surface area contributed by atoms with Gasteiger partial charge in [0, 0.05) is 26.9 Å². The SMILES string of the molecule is N#C/C(=C/c1cn[nH]c1-c1ccccc1)C(=O)Nc1cc(Cl)cc(Cl)c1. The van der Waals surface area contributed by atoms with Crippen LogP contribution in [0.15, 0.2) is 60.3 Å². The molecule has 0 saturated carbocycles. The van der Waals surface area contributed by atoms with Gasteiger partial charge in [0.1, 0.15) is 11.6 Å². The molecule has 26 heavy (non-hydrogen) atoms. The summed E-state index contributed by atoms with van der Waals surface area (Å²) in [5.74, 6) is -0.564. The van der Waals surface area contributed by atoms with E-state index in [9.17, 15) is 10.1 Å². The van der Waals surface area contributed by atoms with E-state index >= 15 is 0 Å². The Balaban J connectivity index is 1.89. The molecule has 0 saturated heterocycles. The summed E-state index contributed by atoms with van der Waals surface area (Å²) in [7, 11) is 0. The van der Waals surface area contributed by atoms with Crippen molar-refractivity contribution in [2.24, 2.45) is 0 Å². The van der Waals surface area contributed by atoms with Crippen LogP contribution in [-0.4, -0.2) is 16.1 Å². The van der Waals surface area contributed by atoms with E-state index in [1.54, 1.807) is 24.4 Å². The number of anilines is 1. The lowest BCUT2D eigenvalue weighted by Crippen LogP contribution is -2.13. The zero-order valence-electron chi connectivity index (χ0n) is 13.3. The first-order chi connectivity index (χ1) is 12.6. The average Bonchev–Trinajstić information content (AvgIpc) is 3.07. The molecule has 1 aromatic heterocycles. The molecule has 0 bridgehead atoms. The van der Waals surface area contributed by atoms with Crippen molar-refractivity contribution in [1.29, 1.82) is 5.26 Å². The summed E-state index contributed by atoms with van der Waals surface area (Å²) in [4.78, 5) is 12.4. The summed E-state index contributed by atoms with van der Waals surface area (Å²) in [6.45, 7) is 0. The molecule has 0 aliphatic carbocycles. The molecule has 3 rings (SSSR count). The number of hydrogen-bond donors (Lipinski definition) is 2. The molecule has 0 aliphatic heterocycles. The molecule has 1 amide bonds. The van der Waals surface area contributed by atoms with Crippen LogP contribution in [0.4, 0.5) is 5.69 Å². The molecule has 1 heterocycles. The molecule has 3 aromatic rings. The molecule has 0 spiro atoms. The molecule has 5 nitrogen and oxygen atoms in total. The van der Waals surface area contributed by atoms with Gasteiger partial charge >= 0.3 is 0 Å². The van der Waals surface area contributed by atoms with E-state index in [1.165, 1.54) is 6.08 Å². The third-order valence-corrected chi connectivity index (χ3v) is 3.95.